The molecule has 0 bridgehead atoms. The van der Waals surface area contributed by atoms with Gasteiger partial charge in [-0.15, -0.1) is 0 Å². The number of aromatic nitrogens is 1. The second kappa shape index (κ2) is 4.13. The van der Waals surface area contributed by atoms with Crippen molar-refractivity contribution in [3.63, 3.8) is 0 Å². The summed E-state index contributed by atoms with van der Waals surface area (Å²) in [6.45, 7) is 1.76. The van der Waals surface area contributed by atoms with Gasteiger partial charge in [-0.25, -0.2) is 13.6 Å². The highest BCUT2D eigenvalue weighted by atomic mass is 19.1. The van der Waals surface area contributed by atoms with Gasteiger partial charge < -0.3 is 10.0 Å². The molecule has 0 amide bonds. The van der Waals surface area contributed by atoms with Crippen LogP contribution in [0.25, 0.3) is 10.9 Å². The molecule has 2 aromatic rings. The lowest BCUT2D eigenvalue weighted by Gasteiger charge is -2.43. The molecule has 1 aromatic carbocycles. The Morgan fingerprint density at radius 3 is 2.70 bits per heavy atom. The highest BCUT2D eigenvalue weighted by Gasteiger charge is 2.39. The minimum Gasteiger partial charge on any atom is -0.478 e. The van der Waals surface area contributed by atoms with Crippen molar-refractivity contribution >= 4 is 22.6 Å². The van der Waals surface area contributed by atoms with Gasteiger partial charge in [0.1, 0.15) is 11.5 Å². The monoisotopic (exact) mass is 278 g/mol. The molecule has 1 aliphatic heterocycles. The van der Waals surface area contributed by atoms with Crippen LogP contribution in [0.2, 0.25) is 0 Å². The van der Waals surface area contributed by atoms with E-state index in [-0.39, 0.29) is 18.7 Å². The van der Waals surface area contributed by atoms with Crippen LogP contribution in [0, 0.1) is 5.82 Å². The highest BCUT2D eigenvalue weighted by molar-refractivity contribution is 5.93. The molecule has 3 rings (SSSR count). The van der Waals surface area contributed by atoms with Crippen molar-refractivity contribution in [2.24, 2.45) is 0 Å². The predicted octanol–water partition coefficient (Wildman–Crippen LogP) is 2.62. The average molecular weight is 278 g/mol. The number of nitrogens with zero attached hydrogens (tertiary/aromatic N) is 2. The minimum atomic E-state index is -1.29. The third-order valence-corrected chi connectivity index (χ3v) is 3.38. The van der Waals surface area contributed by atoms with Crippen LogP contribution in [0.1, 0.15) is 17.3 Å². The molecule has 6 heteroatoms. The number of hydrogen-bond donors (Lipinski definition) is 1. The zero-order chi connectivity index (χ0) is 14.5. The van der Waals surface area contributed by atoms with E-state index in [0.717, 1.165) is 0 Å². The van der Waals surface area contributed by atoms with Crippen LogP contribution in [0.4, 0.5) is 14.5 Å². The number of halogens is 2. The fourth-order valence-electron chi connectivity index (χ4n) is 2.42. The number of pyridine rings is 1. The average Bonchev–Trinajstić information content (AvgIpc) is 2.34. The van der Waals surface area contributed by atoms with Crippen LogP contribution in [0.15, 0.2) is 24.4 Å². The van der Waals surface area contributed by atoms with Crippen molar-refractivity contribution in [3.05, 3.63) is 35.8 Å². The fraction of sp³-hybridized carbons (Fsp3) is 0.286. The summed E-state index contributed by atoms with van der Waals surface area (Å²) in [5, 5.41) is 9.29. The summed E-state index contributed by atoms with van der Waals surface area (Å²) >= 11 is 0. The van der Waals surface area contributed by atoms with E-state index >= 15 is 0 Å². The molecule has 0 unspecified atom stereocenters. The Morgan fingerprint density at radius 2 is 2.10 bits per heavy atom. The minimum absolute atomic E-state index is 0.00457. The Labute approximate surface area is 113 Å². The van der Waals surface area contributed by atoms with Crippen LogP contribution in [-0.4, -0.2) is 34.8 Å². The number of benzene rings is 1. The molecule has 1 fully saturated rings. The summed E-state index contributed by atoms with van der Waals surface area (Å²) in [4.78, 5) is 16.5. The van der Waals surface area contributed by atoms with E-state index in [1.807, 2.05) is 0 Å². The number of hydrogen-bond acceptors (Lipinski definition) is 3. The van der Waals surface area contributed by atoms with Crippen LogP contribution in [0.3, 0.4) is 0 Å². The van der Waals surface area contributed by atoms with Crippen LogP contribution in [-0.2, 0) is 0 Å². The van der Waals surface area contributed by atoms with Gasteiger partial charge in [0.15, 0.2) is 0 Å². The van der Waals surface area contributed by atoms with Gasteiger partial charge in [0.05, 0.1) is 29.9 Å². The standard InChI is InChI=1S/C14H12F2N2O2/c1-14(16)6-18(7-14)12-4-11-8(3-10(12)15)2-9(5-17-11)13(19)20/h2-5H,6-7H2,1H3,(H,19,20). The summed E-state index contributed by atoms with van der Waals surface area (Å²) < 4.78 is 27.5. The molecule has 4 nitrogen and oxygen atoms in total. The number of carboxylic acid groups (broad SMARTS) is 1. The van der Waals surface area contributed by atoms with E-state index < -0.39 is 17.5 Å². The van der Waals surface area contributed by atoms with Crippen molar-refractivity contribution in [1.29, 1.82) is 0 Å². The van der Waals surface area contributed by atoms with Gasteiger partial charge in [-0.1, -0.05) is 0 Å². The number of carboxylic acids is 1. The van der Waals surface area contributed by atoms with E-state index in [9.17, 15) is 13.6 Å². The topological polar surface area (TPSA) is 53.4 Å². The molecule has 1 saturated heterocycles. The van der Waals surface area contributed by atoms with E-state index in [1.54, 1.807) is 4.90 Å². The molecule has 104 valence electrons. The Hall–Kier alpha value is -2.24. The normalized spacial score (nSPS) is 17.1. The van der Waals surface area contributed by atoms with E-state index in [1.165, 1.54) is 31.3 Å². The highest BCUT2D eigenvalue weighted by Crippen LogP contribution is 2.33. The molecule has 0 spiro atoms. The second-order valence-corrected chi connectivity index (χ2v) is 5.29. The third-order valence-electron chi connectivity index (χ3n) is 3.38. The quantitative estimate of drug-likeness (QED) is 0.917. The first kappa shape index (κ1) is 12.8. The number of aromatic carboxylic acids is 1. The summed E-state index contributed by atoms with van der Waals surface area (Å²) in [5.41, 5.74) is -0.505. The number of fused-ring (bicyclic) bond motifs is 1. The molecule has 0 saturated carbocycles. The fourth-order valence-corrected chi connectivity index (χ4v) is 2.42. The number of rotatable bonds is 2. The van der Waals surface area contributed by atoms with Gasteiger partial charge in [0.25, 0.3) is 0 Å². The number of alkyl halides is 1. The Kier molecular flexibility index (Phi) is 2.64. The van der Waals surface area contributed by atoms with E-state index in [2.05, 4.69) is 4.98 Å². The number of carbonyl (C=O) groups is 1. The van der Waals surface area contributed by atoms with Gasteiger partial charge in [-0.05, 0) is 25.1 Å². The Bertz CT molecular complexity index is 708. The summed E-state index contributed by atoms with van der Waals surface area (Å²) in [6, 6.07) is 4.12. The largest absolute Gasteiger partial charge is 0.478 e. The molecule has 1 aliphatic rings. The van der Waals surface area contributed by atoms with E-state index in [0.29, 0.717) is 16.6 Å². The van der Waals surface area contributed by atoms with Crippen molar-refractivity contribution in [2.45, 2.75) is 12.6 Å². The lowest BCUT2D eigenvalue weighted by Crippen LogP contribution is -2.57. The van der Waals surface area contributed by atoms with Crippen LogP contribution < -0.4 is 4.90 Å². The third kappa shape index (κ3) is 2.07. The van der Waals surface area contributed by atoms with E-state index in [4.69, 9.17) is 5.11 Å². The smallest absolute Gasteiger partial charge is 0.337 e. The van der Waals surface area contributed by atoms with Crippen molar-refractivity contribution in [2.75, 3.05) is 18.0 Å². The maximum absolute atomic E-state index is 14.0. The molecule has 0 atom stereocenters. The molecular weight excluding hydrogens is 266 g/mol. The van der Waals surface area contributed by atoms with Crippen LogP contribution >= 0.6 is 0 Å². The molecule has 1 N–H and O–H groups in total. The van der Waals surface area contributed by atoms with Crippen molar-refractivity contribution < 1.29 is 18.7 Å². The predicted molar refractivity (Wildman–Crippen MR) is 70.4 cm³/mol. The molecule has 0 radical (unpaired) electrons. The van der Waals surface area contributed by atoms with Gasteiger partial charge in [-0.2, -0.15) is 0 Å². The summed E-state index contributed by atoms with van der Waals surface area (Å²) in [5.74, 6) is -1.61. The molecule has 1 aromatic heterocycles. The lowest BCUT2D eigenvalue weighted by atomic mass is 9.97. The summed E-state index contributed by atoms with van der Waals surface area (Å²) in [7, 11) is 0. The first-order valence-electron chi connectivity index (χ1n) is 6.12. The zero-order valence-corrected chi connectivity index (χ0v) is 10.7. The van der Waals surface area contributed by atoms with Crippen LogP contribution in [0.5, 0.6) is 0 Å². The van der Waals surface area contributed by atoms with Gasteiger partial charge in [0.2, 0.25) is 0 Å². The maximum Gasteiger partial charge on any atom is 0.337 e. The van der Waals surface area contributed by atoms with Gasteiger partial charge in [-0.3, -0.25) is 4.98 Å². The number of anilines is 1. The second-order valence-electron chi connectivity index (χ2n) is 5.29. The van der Waals surface area contributed by atoms with Gasteiger partial charge in [0, 0.05) is 11.6 Å². The Balaban J connectivity index is 2.02. The van der Waals surface area contributed by atoms with Gasteiger partial charge >= 0.3 is 5.97 Å². The van der Waals surface area contributed by atoms with Crippen molar-refractivity contribution in [1.82, 2.24) is 4.98 Å². The SMILES string of the molecule is CC1(F)CN(c2cc3ncc(C(=O)O)cc3cc2F)C1. The molecule has 20 heavy (non-hydrogen) atoms. The maximum atomic E-state index is 14.0. The zero-order valence-electron chi connectivity index (χ0n) is 10.7. The summed E-state index contributed by atoms with van der Waals surface area (Å²) in [6.07, 6.45) is 1.22. The lowest BCUT2D eigenvalue weighted by molar-refractivity contribution is 0.0696. The first-order valence-corrected chi connectivity index (χ1v) is 6.12. The molecule has 2 heterocycles. The first-order chi connectivity index (χ1) is 9.35. The molecule has 0 aliphatic carbocycles. The van der Waals surface area contributed by atoms with Crippen molar-refractivity contribution in [3.8, 4) is 0 Å². The molecular formula is C14H12F2N2O2. The Morgan fingerprint density at radius 1 is 1.40 bits per heavy atom.